The molecule has 0 spiro atoms. The molecule has 1 amide bonds. The van der Waals surface area contributed by atoms with Gasteiger partial charge in [0.25, 0.3) is 5.91 Å². The van der Waals surface area contributed by atoms with Gasteiger partial charge < -0.3 is 10.5 Å². The lowest BCUT2D eigenvalue weighted by atomic mass is 10.3. The fourth-order valence-electron chi connectivity index (χ4n) is 1.50. The van der Waals surface area contributed by atoms with Gasteiger partial charge in [-0.3, -0.25) is 10.1 Å². The van der Waals surface area contributed by atoms with Crippen molar-refractivity contribution in [2.24, 2.45) is 0 Å². The van der Waals surface area contributed by atoms with Crippen LogP contribution in [0.4, 0.5) is 24.0 Å². The number of carbonyl (C=O) groups excluding carboxylic acids is 1. The van der Waals surface area contributed by atoms with Crippen molar-refractivity contribution in [2.75, 3.05) is 24.3 Å². The monoisotopic (exact) mass is 319 g/mol. The Labute approximate surface area is 121 Å². The van der Waals surface area contributed by atoms with Gasteiger partial charge in [0, 0.05) is 5.69 Å². The van der Waals surface area contributed by atoms with Crippen molar-refractivity contribution in [3.8, 4) is 0 Å². The van der Waals surface area contributed by atoms with E-state index >= 15 is 0 Å². The number of fused-ring (bicyclic) bond motifs is 1. The molecule has 1 aromatic heterocycles. The molecule has 1 aromatic carbocycles. The van der Waals surface area contributed by atoms with Crippen LogP contribution in [0.25, 0.3) is 10.2 Å². The molecule has 3 N–H and O–H groups in total. The van der Waals surface area contributed by atoms with E-state index in [4.69, 9.17) is 5.73 Å². The summed E-state index contributed by atoms with van der Waals surface area (Å²) in [6.45, 7) is -0.999. The van der Waals surface area contributed by atoms with E-state index in [1.165, 1.54) is 11.3 Å². The molecule has 0 unspecified atom stereocenters. The van der Waals surface area contributed by atoms with Gasteiger partial charge in [-0.05, 0) is 18.2 Å². The summed E-state index contributed by atoms with van der Waals surface area (Å²) < 4.78 is 41.1. The fraction of sp³-hybridized carbons (Fsp3) is 0.333. The molecule has 9 heteroatoms. The number of nitrogen functional groups attached to an aromatic ring is 1. The van der Waals surface area contributed by atoms with Gasteiger partial charge in [-0.1, -0.05) is 11.3 Å². The molecule has 2 rings (SSSR count). The summed E-state index contributed by atoms with van der Waals surface area (Å²) in [4.78, 5) is 15.7. The van der Waals surface area contributed by atoms with Crippen molar-refractivity contribution in [1.82, 2.24) is 4.98 Å². The number of alkyl halides is 3. The summed E-state index contributed by atoms with van der Waals surface area (Å²) in [7, 11) is 0. The van der Waals surface area contributed by atoms with Crippen LogP contribution in [0.15, 0.2) is 18.2 Å². The number of hydrogen-bond donors (Lipinski definition) is 2. The molecule has 0 saturated heterocycles. The van der Waals surface area contributed by atoms with Crippen LogP contribution in [0.1, 0.15) is 6.42 Å². The molecule has 1 heterocycles. The molecule has 0 saturated carbocycles. The number of halogens is 3. The molecule has 114 valence electrons. The van der Waals surface area contributed by atoms with Crippen LogP contribution < -0.4 is 11.1 Å². The Morgan fingerprint density at radius 3 is 2.90 bits per heavy atom. The first-order valence-electron chi connectivity index (χ1n) is 5.94. The van der Waals surface area contributed by atoms with Crippen LogP contribution >= 0.6 is 11.3 Å². The Morgan fingerprint density at radius 1 is 1.43 bits per heavy atom. The number of ether oxygens (including phenoxy) is 1. The summed E-state index contributed by atoms with van der Waals surface area (Å²) in [5.74, 6) is -0.552. The minimum Gasteiger partial charge on any atom is -0.399 e. The Bertz CT molecular complexity index is 642. The second-order valence-corrected chi connectivity index (χ2v) is 5.24. The lowest BCUT2D eigenvalue weighted by molar-refractivity contribution is -0.147. The molecule has 0 atom stereocenters. The van der Waals surface area contributed by atoms with E-state index in [1.807, 2.05) is 0 Å². The highest BCUT2D eigenvalue weighted by atomic mass is 32.1. The predicted molar refractivity (Wildman–Crippen MR) is 74.2 cm³/mol. The molecular weight excluding hydrogens is 307 g/mol. The van der Waals surface area contributed by atoms with Crippen LogP contribution in [0.5, 0.6) is 0 Å². The molecule has 0 aliphatic heterocycles. The number of carbonyl (C=O) groups is 1. The number of amides is 1. The van der Waals surface area contributed by atoms with Crippen molar-refractivity contribution >= 4 is 38.3 Å². The Balaban J connectivity index is 1.84. The first kappa shape index (κ1) is 15.5. The van der Waals surface area contributed by atoms with Crippen LogP contribution in [-0.4, -0.2) is 30.3 Å². The Morgan fingerprint density at radius 2 is 2.19 bits per heavy atom. The molecule has 5 nitrogen and oxygen atoms in total. The maximum Gasteiger partial charge on any atom is 0.391 e. The number of nitrogens with two attached hydrogens (primary N) is 1. The van der Waals surface area contributed by atoms with E-state index in [-0.39, 0.29) is 0 Å². The molecule has 0 aliphatic rings. The van der Waals surface area contributed by atoms with Crippen molar-refractivity contribution in [2.45, 2.75) is 12.6 Å². The number of rotatable bonds is 5. The Hall–Kier alpha value is -1.87. The number of thiazole rings is 1. The summed E-state index contributed by atoms with van der Waals surface area (Å²) in [5.41, 5.74) is 6.90. The highest BCUT2D eigenvalue weighted by Gasteiger charge is 2.26. The highest BCUT2D eigenvalue weighted by Crippen LogP contribution is 2.27. The number of aromatic nitrogens is 1. The van der Waals surface area contributed by atoms with E-state index in [0.717, 1.165) is 4.70 Å². The second-order valence-electron chi connectivity index (χ2n) is 4.21. The van der Waals surface area contributed by atoms with E-state index in [2.05, 4.69) is 15.0 Å². The third kappa shape index (κ3) is 4.87. The molecule has 2 aromatic rings. The van der Waals surface area contributed by atoms with Gasteiger partial charge in [0.1, 0.15) is 6.61 Å². The largest absolute Gasteiger partial charge is 0.399 e. The normalized spacial score (nSPS) is 11.8. The number of anilines is 2. The van der Waals surface area contributed by atoms with E-state index in [1.54, 1.807) is 18.2 Å². The Kier molecular flexibility index (Phi) is 4.63. The summed E-state index contributed by atoms with van der Waals surface area (Å²) in [5, 5.41) is 2.82. The fourth-order valence-corrected chi connectivity index (χ4v) is 2.43. The minimum absolute atomic E-state index is 0.347. The maximum atomic E-state index is 11.9. The van der Waals surface area contributed by atoms with Crippen LogP contribution in [0.2, 0.25) is 0 Å². The smallest absolute Gasteiger partial charge is 0.391 e. The molecule has 0 radical (unpaired) electrons. The average Bonchev–Trinajstić information content (AvgIpc) is 2.74. The van der Waals surface area contributed by atoms with Gasteiger partial charge in [0.05, 0.1) is 23.2 Å². The summed E-state index contributed by atoms with van der Waals surface area (Å²) >= 11 is 1.22. The van der Waals surface area contributed by atoms with Gasteiger partial charge >= 0.3 is 6.18 Å². The standard InChI is InChI=1S/C12H12F3N3O2S/c13-12(14,15)3-4-20-6-10(19)18-11-17-8-2-1-7(16)5-9(8)21-11/h1-2,5H,3-4,6,16H2,(H,17,18,19). The topological polar surface area (TPSA) is 77.2 Å². The third-order valence-electron chi connectivity index (χ3n) is 2.42. The lowest BCUT2D eigenvalue weighted by Gasteiger charge is -2.06. The van der Waals surface area contributed by atoms with Gasteiger partial charge in [0.15, 0.2) is 5.13 Å². The van der Waals surface area contributed by atoms with Crippen LogP contribution in [-0.2, 0) is 9.53 Å². The van der Waals surface area contributed by atoms with Crippen LogP contribution in [0.3, 0.4) is 0 Å². The van der Waals surface area contributed by atoms with Gasteiger partial charge in [0.2, 0.25) is 0 Å². The SMILES string of the molecule is Nc1ccc2nc(NC(=O)COCCC(F)(F)F)sc2c1. The average molecular weight is 319 g/mol. The van der Waals surface area contributed by atoms with Gasteiger partial charge in [-0.2, -0.15) is 13.2 Å². The van der Waals surface area contributed by atoms with Crippen molar-refractivity contribution in [1.29, 1.82) is 0 Å². The lowest BCUT2D eigenvalue weighted by Crippen LogP contribution is -2.20. The summed E-state index contributed by atoms with van der Waals surface area (Å²) in [6, 6.07) is 5.13. The first-order valence-corrected chi connectivity index (χ1v) is 6.75. The number of nitrogens with zero attached hydrogens (tertiary/aromatic N) is 1. The van der Waals surface area contributed by atoms with Gasteiger partial charge in [-0.15, -0.1) is 0 Å². The third-order valence-corrected chi connectivity index (χ3v) is 3.36. The molecule has 21 heavy (non-hydrogen) atoms. The van der Waals surface area contributed by atoms with Crippen molar-refractivity contribution in [3.63, 3.8) is 0 Å². The van der Waals surface area contributed by atoms with Crippen molar-refractivity contribution < 1.29 is 22.7 Å². The van der Waals surface area contributed by atoms with Gasteiger partial charge in [-0.25, -0.2) is 4.98 Å². The molecule has 0 fully saturated rings. The van der Waals surface area contributed by atoms with E-state index in [0.29, 0.717) is 16.3 Å². The number of nitrogens with one attached hydrogen (secondary N) is 1. The number of hydrogen-bond acceptors (Lipinski definition) is 5. The van der Waals surface area contributed by atoms with Crippen LogP contribution in [0, 0.1) is 0 Å². The maximum absolute atomic E-state index is 11.9. The zero-order valence-corrected chi connectivity index (χ0v) is 11.6. The predicted octanol–water partition coefficient (Wildman–Crippen LogP) is 2.79. The molecule has 0 aliphatic carbocycles. The summed E-state index contributed by atoms with van der Waals surface area (Å²) in [6.07, 6.45) is -5.37. The quantitative estimate of drug-likeness (QED) is 0.656. The highest BCUT2D eigenvalue weighted by molar-refractivity contribution is 7.22. The van der Waals surface area contributed by atoms with E-state index in [9.17, 15) is 18.0 Å². The minimum atomic E-state index is -4.29. The van der Waals surface area contributed by atoms with Crippen molar-refractivity contribution in [3.05, 3.63) is 18.2 Å². The van der Waals surface area contributed by atoms with E-state index < -0.39 is 31.7 Å². The first-order chi connectivity index (χ1) is 9.83. The molecule has 0 bridgehead atoms. The number of benzene rings is 1. The molecular formula is C12H12F3N3O2S. The zero-order valence-electron chi connectivity index (χ0n) is 10.7. The second kappa shape index (κ2) is 6.27. The zero-order chi connectivity index (χ0) is 15.5.